The Labute approximate surface area is 166 Å². The molecule has 136 valence electrons. The first-order valence-corrected chi connectivity index (χ1v) is 9.65. The Morgan fingerprint density at radius 1 is 0.571 bits per heavy atom. The number of carbonyl (C=O) groups is 1. The molecular formula is C27H22O. The van der Waals surface area contributed by atoms with Gasteiger partial charge in [0.05, 0.1) is 0 Å². The van der Waals surface area contributed by atoms with Gasteiger partial charge < -0.3 is 0 Å². The SMILES string of the molecule is CCC(=O)c1c(-c2ccccc2)cc(-c2ccccc2)cc1-c1ccccc1. The highest BCUT2D eigenvalue weighted by molar-refractivity contribution is 6.09. The Bertz CT molecular complexity index is 1020. The highest BCUT2D eigenvalue weighted by Crippen LogP contribution is 2.38. The molecule has 4 aromatic carbocycles. The monoisotopic (exact) mass is 362 g/mol. The maximum atomic E-state index is 13.0. The Morgan fingerprint density at radius 3 is 1.36 bits per heavy atom. The van der Waals surface area contributed by atoms with Crippen molar-refractivity contribution in [2.45, 2.75) is 13.3 Å². The zero-order valence-corrected chi connectivity index (χ0v) is 15.9. The summed E-state index contributed by atoms with van der Waals surface area (Å²) in [7, 11) is 0. The van der Waals surface area contributed by atoms with Gasteiger partial charge in [-0.3, -0.25) is 4.79 Å². The van der Waals surface area contributed by atoms with Gasteiger partial charge in [0.25, 0.3) is 0 Å². The summed E-state index contributed by atoms with van der Waals surface area (Å²) in [6.45, 7) is 1.93. The zero-order chi connectivity index (χ0) is 19.3. The molecular weight excluding hydrogens is 340 g/mol. The van der Waals surface area contributed by atoms with E-state index >= 15 is 0 Å². The molecule has 0 aliphatic heterocycles. The Balaban J connectivity index is 2.07. The van der Waals surface area contributed by atoms with E-state index in [9.17, 15) is 4.79 Å². The summed E-state index contributed by atoms with van der Waals surface area (Å²) >= 11 is 0. The maximum Gasteiger partial charge on any atom is 0.163 e. The third-order valence-electron chi connectivity index (χ3n) is 5.02. The number of ketones is 1. The van der Waals surface area contributed by atoms with Crippen molar-refractivity contribution < 1.29 is 4.79 Å². The molecule has 0 saturated heterocycles. The molecule has 0 bridgehead atoms. The van der Waals surface area contributed by atoms with Crippen LogP contribution < -0.4 is 0 Å². The number of hydrogen-bond donors (Lipinski definition) is 0. The molecule has 28 heavy (non-hydrogen) atoms. The second kappa shape index (κ2) is 8.06. The van der Waals surface area contributed by atoms with E-state index < -0.39 is 0 Å². The van der Waals surface area contributed by atoms with Crippen LogP contribution in [0.15, 0.2) is 103 Å². The second-order valence-corrected chi connectivity index (χ2v) is 6.82. The van der Waals surface area contributed by atoms with Crippen molar-refractivity contribution >= 4 is 5.78 Å². The highest BCUT2D eigenvalue weighted by Gasteiger charge is 2.19. The molecule has 0 unspecified atom stereocenters. The normalized spacial score (nSPS) is 10.6. The third-order valence-corrected chi connectivity index (χ3v) is 5.02. The van der Waals surface area contributed by atoms with Gasteiger partial charge in [0.15, 0.2) is 5.78 Å². The first-order valence-electron chi connectivity index (χ1n) is 9.65. The summed E-state index contributed by atoms with van der Waals surface area (Å²) in [5.74, 6) is 0.164. The molecule has 0 saturated carbocycles. The molecule has 0 heterocycles. The Morgan fingerprint density at radius 2 is 0.964 bits per heavy atom. The van der Waals surface area contributed by atoms with Crippen molar-refractivity contribution in [2.75, 3.05) is 0 Å². The van der Waals surface area contributed by atoms with Crippen LogP contribution in [0, 0.1) is 0 Å². The van der Waals surface area contributed by atoms with E-state index in [1.54, 1.807) is 0 Å². The van der Waals surface area contributed by atoms with Crippen molar-refractivity contribution in [3.05, 3.63) is 109 Å². The van der Waals surface area contributed by atoms with Crippen molar-refractivity contribution in [1.82, 2.24) is 0 Å². The van der Waals surface area contributed by atoms with E-state index in [1.165, 1.54) is 0 Å². The predicted molar refractivity (Wildman–Crippen MR) is 117 cm³/mol. The van der Waals surface area contributed by atoms with Gasteiger partial charge in [-0.2, -0.15) is 0 Å². The fourth-order valence-corrected chi connectivity index (χ4v) is 3.61. The lowest BCUT2D eigenvalue weighted by Gasteiger charge is -2.17. The topological polar surface area (TPSA) is 17.1 Å². The van der Waals surface area contributed by atoms with E-state index in [4.69, 9.17) is 0 Å². The fraction of sp³-hybridized carbons (Fsp3) is 0.0741. The van der Waals surface area contributed by atoms with Gasteiger partial charge in [0.2, 0.25) is 0 Å². The Kier molecular flexibility index (Phi) is 5.16. The van der Waals surface area contributed by atoms with Crippen molar-refractivity contribution in [1.29, 1.82) is 0 Å². The minimum absolute atomic E-state index is 0.164. The molecule has 4 aromatic rings. The van der Waals surface area contributed by atoms with E-state index in [0.717, 1.165) is 38.9 Å². The Hall–Kier alpha value is -3.45. The van der Waals surface area contributed by atoms with Crippen LogP contribution >= 0.6 is 0 Å². The van der Waals surface area contributed by atoms with E-state index in [2.05, 4.69) is 48.5 Å². The van der Waals surface area contributed by atoms with Crippen LogP contribution in [0.3, 0.4) is 0 Å². The number of benzene rings is 4. The third kappa shape index (κ3) is 3.52. The van der Waals surface area contributed by atoms with E-state index in [0.29, 0.717) is 6.42 Å². The van der Waals surface area contributed by atoms with Gasteiger partial charge in [-0.1, -0.05) is 97.9 Å². The summed E-state index contributed by atoms with van der Waals surface area (Å²) in [5.41, 5.74) is 7.18. The van der Waals surface area contributed by atoms with Gasteiger partial charge in [0.1, 0.15) is 0 Å². The van der Waals surface area contributed by atoms with Crippen LogP contribution in [-0.2, 0) is 0 Å². The van der Waals surface area contributed by atoms with Gasteiger partial charge in [-0.05, 0) is 45.5 Å². The first-order chi connectivity index (χ1) is 13.8. The summed E-state index contributed by atoms with van der Waals surface area (Å²) in [6, 6.07) is 35.0. The lowest BCUT2D eigenvalue weighted by atomic mass is 9.85. The van der Waals surface area contributed by atoms with E-state index in [-0.39, 0.29) is 5.78 Å². The molecule has 1 nitrogen and oxygen atoms in total. The smallest absolute Gasteiger partial charge is 0.163 e. The molecule has 0 aromatic heterocycles. The quantitative estimate of drug-likeness (QED) is 0.341. The average Bonchev–Trinajstić information content (AvgIpc) is 2.79. The molecule has 0 atom stereocenters. The van der Waals surface area contributed by atoms with Crippen molar-refractivity contribution in [3.63, 3.8) is 0 Å². The lowest BCUT2D eigenvalue weighted by molar-refractivity contribution is 0.0989. The number of Topliss-reactive ketones (excluding diaryl/α,β-unsaturated/α-hetero) is 1. The molecule has 4 rings (SSSR count). The standard InChI is InChI=1S/C27H22O/c1-2-26(28)27-24(21-14-8-4-9-15-21)18-23(20-12-6-3-7-13-20)19-25(27)22-16-10-5-11-17-22/h3-19H,2H2,1H3. The first kappa shape index (κ1) is 17.9. The molecule has 0 N–H and O–H groups in total. The van der Waals surface area contributed by atoms with Crippen LogP contribution in [0.25, 0.3) is 33.4 Å². The molecule has 0 fully saturated rings. The summed E-state index contributed by atoms with van der Waals surface area (Å²) < 4.78 is 0. The summed E-state index contributed by atoms with van der Waals surface area (Å²) in [5, 5.41) is 0. The predicted octanol–water partition coefficient (Wildman–Crippen LogP) is 7.28. The average molecular weight is 362 g/mol. The van der Waals surface area contributed by atoms with Gasteiger partial charge in [0, 0.05) is 12.0 Å². The minimum atomic E-state index is 0.164. The number of rotatable bonds is 5. The molecule has 0 radical (unpaired) electrons. The largest absolute Gasteiger partial charge is 0.294 e. The van der Waals surface area contributed by atoms with Gasteiger partial charge in [-0.15, -0.1) is 0 Å². The van der Waals surface area contributed by atoms with Crippen LogP contribution in [0.1, 0.15) is 23.7 Å². The molecule has 1 heteroatoms. The lowest BCUT2D eigenvalue weighted by Crippen LogP contribution is -2.04. The number of carbonyl (C=O) groups excluding carboxylic acids is 1. The van der Waals surface area contributed by atoms with Crippen LogP contribution in [0.2, 0.25) is 0 Å². The molecule has 0 spiro atoms. The molecule has 0 aliphatic rings. The summed E-state index contributed by atoms with van der Waals surface area (Å²) in [4.78, 5) is 13.0. The summed E-state index contributed by atoms with van der Waals surface area (Å²) in [6.07, 6.45) is 0.477. The molecule has 0 amide bonds. The van der Waals surface area contributed by atoms with Crippen molar-refractivity contribution in [3.8, 4) is 33.4 Å². The van der Waals surface area contributed by atoms with E-state index in [1.807, 2.05) is 61.5 Å². The van der Waals surface area contributed by atoms with Crippen LogP contribution in [0.5, 0.6) is 0 Å². The minimum Gasteiger partial charge on any atom is -0.294 e. The van der Waals surface area contributed by atoms with Gasteiger partial charge in [-0.25, -0.2) is 0 Å². The van der Waals surface area contributed by atoms with Crippen LogP contribution in [-0.4, -0.2) is 5.78 Å². The van der Waals surface area contributed by atoms with Gasteiger partial charge >= 0.3 is 0 Å². The zero-order valence-electron chi connectivity index (χ0n) is 15.9. The van der Waals surface area contributed by atoms with Crippen molar-refractivity contribution in [2.24, 2.45) is 0 Å². The number of hydrogen-bond acceptors (Lipinski definition) is 1. The van der Waals surface area contributed by atoms with Crippen LogP contribution in [0.4, 0.5) is 0 Å². The molecule has 0 aliphatic carbocycles. The maximum absolute atomic E-state index is 13.0. The fourth-order valence-electron chi connectivity index (χ4n) is 3.61. The highest BCUT2D eigenvalue weighted by atomic mass is 16.1. The second-order valence-electron chi connectivity index (χ2n) is 6.82.